The van der Waals surface area contributed by atoms with Crippen molar-refractivity contribution < 1.29 is 14.6 Å². The molecule has 0 bridgehead atoms. The molecule has 0 aliphatic carbocycles. The van der Waals surface area contributed by atoms with E-state index in [2.05, 4.69) is 5.32 Å². The zero-order chi connectivity index (χ0) is 14.8. The van der Waals surface area contributed by atoms with Gasteiger partial charge in [0.15, 0.2) is 0 Å². The molecule has 0 fully saturated rings. The summed E-state index contributed by atoms with van der Waals surface area (Å²) in [5.74, 6) is 1.31. The number of aliphatic hydroxyl groups excluding tert-OH is 1. The highest BCUT2D eigenvalue weighted by Crippen LogP contribution is 2.38. The molecule has 1 aromatic rings. The summed E-state index contributed by atoms with van der Waals surface area (Å²) in [7, 11) is 0. The standard InChI is InChI=1S/C15H21NO3S/c1-15(2,9-20-3)14(18)16-11-6-4-5-10-12(17)7-8-19-13(10)11/h4-6,12,17H,7-9H2,1-3H3,(H,16,18)/t12-/m0/s1. The summed E-state index contributed by atoms with van der Waals surface area (Å²) < 4.78 is 5.62. The monoisotopic (exact) mass is 295 g/mol. The van der Waals surface area contributed by atoms with E-state index in [9.17, 15) is 9.90 Å². The van der Waals surface area contributed by atoms with Crippen LogP contribution in [0.5, 0.6) is 5.75 Å². The maximum Gasteiger partial charge on any atom is 0.230 e. The number of fused-ring (bicyclic) bond motifs is 1. The number of carbonyl (C=O) groups is 1. The van der Waals surface area contributed by atoms with Gasteiger partial charge in [0.05, 0.1) is 23.8 Å². The Hall–Kier alpha value is -1.20. The minimum atomic E-state index is -0.519. The molecule has 0 radical (unpaired) electrons. The largest absolute Gasteiger partial charge is 0.491 e. The molecule has 2 N–H and O–H groups in total. The molecule has 1 aliphatic rings. The van der Waals surface area contributed by atoms with Gasteiger partial charge in [0.1, 0.15) is 5.75 Å². The summed E-state index contributed by atoms with van der Waals surface area (Å²) in [5, 5.41) is 12.9. The summed E-state index contributed by atoms with van der Waals surface area (Å²) in [6.45, 7) is 4.31. The van der Waals surface area contributed by atoms with E-state index in [4.69, 9.17) is 4.74 Å². The van der Waals surface area contributed by atoms with Crippen LogP contribution in [-0.2, 0) is 4.79 Å². The number of rotatable bonds is 4. The number of aliphatic hydroxyl groups is 1. The third-order valence-electron chi connectivity index (χ3n) is 3.41. The Bertz CT molecular complexity index is 502. The minimum absolute atomic E-state index is 0.0380. The molecule has 0 spiro atoms. The molecule has 0 unspecified atom stereocenters. The van der Waals surface area contributed by atoms with E-state index >= 15 is 0 Å². The lowest BCUT2D eigenvalue weighted by Crippen LogP contribution is -2.33. The van der Waals surface area contributed by atoms with E-state index in [0.717, 1.165) is 11.3 Å². The molecule has 110 valence electrons. The first-order chi connectivity index (χ1) is 9.45. The first-order valence-corrected chi connectivity index (χ1v) is 8.09. The fourth-order valence-electron chi connectivity index (χ4n) is 2.22. The Morgan fingerprint density at radius 2 is 2.30 bits per heavy atom. The van der Waals surface area contributed by atoms with Gasteiger partial charge >= 0.3 is 0 Å². The van der Waals surface area contributed by atoms with Gasteiger partial charge in [0.25, 0.3) is 0 Å². The van der Waals surface area contributed by atoms with Crippen molar-refractivity contribution >= 4 is 23.4 Å². The van der Waals surface area contributed by atoms with Gasteiger partial charge in [-0.2, -0.15) is 11.8 Å². The van der Waals surface area contributed by atoms with Gasteiger partial charge in [0.2, 0.25) is 5.91 Å². The van der Waals surface area contributed by atoms with Crippen LogP contribution in [0.25, 0.3) is 0 Å². The summed E-state index contributed by atoms with van der Waals surface area (Å²) in [6, 6.07) is 5.47. The molecule has 1 amide bonds. The number of amides is 1. The van der Waals surface area contributed by atoms with Crippen LogP contribution in [0.4, 0.5) is 5.69 Å². The second-order valence-corrected chi connectivity index (χ2v) is 6.51. The topological polar surface area (TPSA) is 58.6 Å². The van der Waals surface area contributed by atoms with Gasteiger partial charge in [-0.1, -0.05) is 26.0 Å². The van der Waals surface area contributed by atoms with Crippen LogP contribution in [0.15, 0.2) is 18.2 Å². The molecule has 0 saturated carbocycles. The summed E-state index contributed by atoms with van der Waals surface area (Å²) in [6.07, 6.45) is 2.05. The number of thioether (sulfide) groups is 1. The normalized spacial score (nSPS) is 18.1. The lowest BCUT2D eigenvalue weighted by atomic mass is 9.94. The molecular weight excluding hydrogens is 274 g/mol. The van der Waals surface area contributed by atoms with Crippen LogP contribution < -0.4 is 10.1 Å². The molecule has 1 atom stereocenters. The van der Waals surface area contributed by atoms with Crippen LogP contribution in [0, 0.1) is 5.41 Å². The fraction of sp³-hybridized carbons (Fsp3) is 0.533. The van der Waals surface area contributed by atoms with Gasteiger partial charge in [0, 0.05) is 17.7 Å². The molecule has 1 aliphatic heterocycles. The third kappa shape index (κ3) is 3.10. The first kappa shape index (κ1) is 15.2. The molecule has 1 aromatic carbocycles. The van der Waals surface area contributed by atoms with E-state index in [1.807, 2.05) is 38.3 Å². The van der Waals surface area contributed by atoms with Gasteiger partial charge in [-0.05, 0) is 12.3 Å². The van der Waals surface area contributed by atoms with Crippen molar-refractivity contribution in [2.45, 2.75) is 26.4 Å². The van der Waals surface area contributed by atoms with Crippen LogP contribution in [0.3, 0.4) is 0 Å². The van der Waals surface area contributed by atoms with Gasteiger partial charge in [-0.25, -0.2) is 0 Å². The quantitative estimate of drug-likeness (QED) is 0.897. The number of hydrogen-bond donors (Lipinski definition) is 2. The number of carbonyl (C=O) groups excluding carboxylic acids is 1. The molecule has 0 saturated heterocycles. The zero-order valence-corrected chi connectivity index (χ0v) is 12.9. The molecule has 20 heavy (non-hydrogen) atoms. The van der Waals surface area contributed by atoms with E-state index < -0.39 is 11.5 Å². The zero-order valence-electron chi connectivity index (χ0n) is 12.1. The maximum atomic E-state index is 12.3. The van der Waals surface area contributed by atoms with Crippen LogP contribution in [0.1, 0.15) is 31.9 Å². The average Bonchev–Trinajstić information content (AvgIpc) is 2.40. The maximum absolute atomic E-state index is 12.3. The Morgan fingerprint density at radius 1 is 1.55 bits per heavy atom. The average molecular weight is 295 g/mol. The summed E-state index contributed by atoms with van der Waals surface area (Å²) >= 11 is 1.64. The first-order valence-electron chi connectivity index (χ1n) is 6.70. The fourth-order valence-corrected chi connectivity index (χ4v) is 3.08. The van der Waals surface area contributed by atoms with Crippen molar-refractivity contribution in [3.8, 4) is 5.75 Å². The lowest BCUT2D eigenvalue weighted by molar-refractivity contribution is -0.122. The highest BCUT2D eigenvalue weighted by Gasteiger charge is 2.29. The molecular formula is C15H21NO3S. The number of ether oxygens (including phenoxy) is 1. The minimum Gasteiger partial charge on any atom is -0.491 e. The van der Waals surface area contributed by atoms with Crippen molar-refractivity contribution in [2.24, 2.45) is 5.41 Å². The molecule has 0 aromatic heterocycles. The Morgan fingerprint density at radius 3 is 3.00 bits per heavy atom. The van der Waals surface area contributed by atoms with Crippen molar-refractivity contribution in [2.75, 3.05) is 23.9 Å². The van der Waals surface area contributed by atoms with Crippen molar-refractivity contribution in [1.29, 1.82) is 0 Å². The lowest BCUT2D eigenvalue weighted by Gasteiger charge is -2.27. The number of para-hydroxylation sites is 1. The Kier molecular flexibility index (Phi) is 4.60. The third-order valence-corrected chi connectivity index (χ3v) is 4.42. The van der Waals surface area contributed by atoms with Gasteiger partial charge in [-0.3, -0.25) is 4.79 Å². The van der Waals surface area contributed by atoms with E-state index in [1.54, 1.807) is 11.8 Å². The number of nitrogens with one attached hydrogen (secondary N) is 1. The summed E-state index contributed by atoms with van der Waals surface area (Å²) in [5.41, 5.74) is 0.937. The molecule has 1 heterocycles. The summed E-state index contributed by atoms with van der Waals surface area (Å²) in [4.78, 5) is 12.3. The number of anilines is 1. The van der Waals surface area contributed by atoms with Crippen molar-refractivity contribution in [1.82, 2.24) is 0 Å². The smallest absolute Gasteiger partial charge is 0.230 e. The van der Waals surface area contributed by atoms with Gasteiger partial charge in [-0.15, -0.1) is 0 Å². The Balaban J connectivity index is 2.22. The predicted octanol–water partition coefficient (Wildman–Crippen LogP) is 2.83. The SMILES string of the molecule is CSCC(C)(C)C(=O)Nc1cccc2c1OCC[C@@H]2O. The molecule has 4 nitrogen and oxygen atoms in total. The number of benzene rings is 1. The van der Waals surface area contributed by atoms with Crippen LogP contribution in [0.2, 0.25) is 0 Å². The number of hydrogen-bond acceptors (Lipinski definition) is 4. The van der Waals surface area contributed by atoms with Crippen molar-refractivity contribution in [3.05, 3.63) is 23.8 Å². The van der Waals surface area contributed by atoms with E-state index in [1.165, 1.54) is 0 Å². The van der Waals surface area contributed by atoms with Crippen molar-refractivity contribution in [3.63, 3.8) is 0 Å². The van der Waals surface area contributed by atoms with Crippen LogP contribution >= 0.6 is 11.8 Å². The van der Waals surface area contributed by atoms with Crippen LogP contribution in [-0.4, -0.2) is 29.6 Å². The van der Waals surface area contributed by atoms with E-state index in [0.29, 0.717) is 24.5 Å². The predicted molar refractivity (Wildman–Crippen MR) is 82.3 cm³/mol. The second-order valence-electron chi connectivity index (χ2n) is 5.65. The molecule has 2 rings (SSSR count). The van der Waals surface area contributed by atoms with Gasteiger partial charge < -0.3 is 15.2 Å². The highest BCUT2D eigenvalue weighted by atomic mass is 32.2. The van der Waals surface area contributed by atoms with E-state index in [-0.39, 0.29) is 5.91 Å². The second kappa shape index (κ2) is 6.06. The molecule has 5 heteroatoms. The highest BCUT2D eigenvalue weighted by molar-refractivity contribution is 7.98. The Labute approximate surface area is 123 Å².